The Morgan fingerprint density at radius 1 is 0.939 bits per heavy atom. The van der Waals surface area contributed by atoms with Crippen LogP contribution in [0.15, 0.2) is 35.1 Å². The fourth-order valence-corrected chi connectivity index (χ4v) is 3.96. The van der Waals surface area contributed by atoms with Crippen LogP contribution >= 0.6 is 0 Å². The molecule has 4 aromatic rings. The second-order valence-corrected chi connectivity index (χ2v) is 7.52. The van der Waals surface area contributed by atoms with E-state index in [2.05, 4.69) is 10.6 Å². The Morgan fingerprint density at radius 3 is 2.45 bits per heavy atom. The van der Waals surface area contributed by atoms with Gasteiger partial charge in [-0.25, -0.2) is 4.52 Å². The zero-order valence-corrected chi connectivity index (χ0v) is 18.2. The molecule has 4 rings (SSSR count). The number of pyridine rings is 1. The summed E-state index contributed by atoms with van der Waals surface area (Å²) in [5.74, 6) is -0.0794. The average molecular weight is 456 g/mol. The first-order valence-electron chi connectivity index (χ1n) is 10.9. The van der Waals surface area contributed by atoms with Crippen molar-refractivity contribution in [1.82, 2.24) is 14.9 Å². The number of anilines is 1. The minimum atomic E-state index is -0.277. The lowest BCUT2D eigenvalue weighted by molar-refractivity contribution is 0.0937. The van der Waals surface area contributed by atoms with Crippen molar-refractivity contribution in [2.75, 3.05) is 58.0 Å². The fourth-order valence-electron chi connectivity index (χ4n) is 3.96. The number of nitrogens with one attached hydrogen (secondary N) is 2. The van der Waals surface area contributed by atoms with Crippen molar-refractivity contribution in [3.05, 3.63) is 46.2 Å². The lowest BCUT2D eigenvalue weighted by atomic mass is 10.0. The molecular weight excluding hydrogens is 428 g/mol. The van der Waals surface area contributed by atoms with Crippen LogP contribution in [0.4, 0.5) is 5.69 Å². The van der Waals surface area contributed by atoms with Crippen LogP contribution in [0.3, 0.4) is 0 Å². The number of ether oxygens (including phenoxy) is 2. The molecule has 0 saturated heterocycles. The first-order chi connectivity index (χ1) is 16.2. The Balaban J connectivity index is 1.73. The molecule has 10 heteroatoms. The van der Waals surface area contributed by atoms with Crippen molar-refractivity contribution in [2.24, 2.45) is 0 Å². The van der Waals surface area contributed by atoms with Gasteiger partial charge in [0.2, 0.25) is 0 Å². The van der Waals surface area contributed by atoms with E-state index in [1.807, 2.05) is 12.1 Å². The highest BCUT2D eigenvalue weighted by Crippen LogP contribution is 2.40. The molecule has 0 saturated carbocycles. The van der Waals surface area contributed by atoms with Crippen LogP contribution in [0.5, 0.6) is 5.75 Å². The van der Waals surface area contributed by atoms with Gasteiger partial charge in [0.25, 0.3) is 0 Å². The Labute approximate surface area is 189 Å². The van der Waals surface area contributed by atoms with Crippen LogP contribution in [-0.4, -0.2) is 77.7 Å². The van der Waals surface area contributed by atoms with Crippen LogP contribution in [0, 0.1) is 0 Å². The number of rotatable bonds is 13. The van der Waals surface area contributed by atoms with E-state index in [9.17, 15) is 9.90 Å². The molecule has 0 aliphatic heterocycles. The van der Waals surface area contributed by atoms with Crippen molar-refractivity contribution in [3.8, 4) is 5.75 Å². The van der Waals surface area contributed by atoms with Crippen molar-refractivity contribution >= 4 is 32.9 Å². The minimum Gasteiger partial charge on any atom is -0.506 e. The predicted octanol–water partition coefficient (Wildman–Crippen LogP) is 0.664. The quantitative estimate of drug-likeness (QED) is 0.145. The van der Waals surface area contributed by atoms with Crippen LogP contribution < -0.4 is 16.1 Å². The number of aliphatic hydroxyl groups excluding tert-OH is 2. The van der Waals surface area contributed by atoms with Gasteiger partial charge < -0.3 is 35.4 Å². The molecule has 0 spiro atoms. The highest BCUT2D eigenvalue weighted by Gasteiger charge is 2.21. The first kappa shape index (κ1) is 23.1. The molecule has 10 nitrogen and oxygen atoms in total. The maximum atomic E-state index is 12.6. The van der Waals surface area contributed by atoms with Gasteiger partial charge in [-0.05, 0) is 24.3 Å². The third kappa shape index (κ3) is 4.70. The summed E-state index contributed by atoms with van der Waals surface area (Å²) >= 11 is 0. The van der Waals surface area contributed by atoms with Gasteiger partial charge in [0.1, 0.15) is 5.75 Å². The van der Waals surface area contributed by atoms with E-state index < -0.39 is 0 Å². The minimum absolute atomic E-state index is 0.0111. The first-order valence-corrected chi connectivity index (χ1v) is 10.9. The number of aliphatic hydroxyl groups is 2. The highest BCUT2D eigenvalue weighted by atomic mass is 16.5. The highest BCUT2D eigenvalue weighted by molar-refractivity contribution is 6.13. The second-order valence-electron chi connectivity index (χ2n) is 7.52. The van der Waals surface area contributed by atoms with Gasteiger partial charge in [-0.15, -0.1) is 0 Å². The number of nitrogens with zero attached hydrogens (tertiary/aromatic N) is 2. The maximum absolute atomic E-state index is 12.6. The molecular formula is C23H28N4O6. The molecule has 0 unspecified atom stereocenters. The van der Waals surface area contributed by atoms with E-state index in [1.165, 1.54) is 6.07 Å². The molecule has 0 radical (unpaired) electrons. The zero-order valence-electron chi connectivity index (χ0n) is 18.2. The fraction of sp³-hybridized carbons (Fsp3) is 0.391. The second kappa shape index (κ2) is 10.7. The average Bonchev–Trinajstić information content (AvgIpc) is 3.19. The largest absolute Gasteiger partial charge is 0.506 e. The standard InChI is InChI=1S/C23H28N4O6/c28-8-12-32-10-6-24-14-17-15-4-5-16(25-7-11-33-13-9-29)20-22(15)27(26-17)18-2-1-3-19(30)21(18)23(20)31/h1-5,24-25,28-29,31H,6-14H2. The van der Waals surface area contributed by atoms with Gasteiger partial charge >= 0.3 is 0 Å². The number of benzene rings is 2. The topological polar surface area (TPSA) is 138 Å². The van der Waals surface area contributed by atoms with E-state index in [0.29, 0.717) is 56.0 Å². The molecule has 0 aliphatic rings. The predicted molar refractivity (Wildman–Crippen MR) is 125 cm³/mol. The normalized spacial score (nSPS) is 11.8. The van der Waals surface area contributed by atoms with E-state index in [0.717, 1.165) is 16.6 Å². The van der Waals surface area contributed by atoms with E-state index >= 15 is 0 Å². The lowest BCUT2D eigenvalue weighted by Crippen LogP contribution is -2.20. The lowest BCUT2D eigenvalue weighted by Gasteiger charge is -2.13. The molecule has 0 bridgehead atoms. The number of aromatic nitrogens is 2. The number of hydrogen-bond donors (Lipinski definition) is 5. The molecule has 176 valence electrons. The summed E-state index contributed by atoms with van der Waals surface area (Å²) in [5, 5.41) is 41.7. The molecule has 2 aromatic carbocycles. The Kier molecular flexibility index (Phi) is 7.53. The molecule has 2 heterocycles. The van der Waals surface area contributed by atoms with E-state index in [4.69, 9.17) is 24.8 Å². The summed E-state index contributed by atoms with van der Waals surface area (Å²) in [6.45, 7) is 2.88. The summed E-state index contributed by atoms with van der Waals surface area (Å²) in [4.78, 5) is 12.6. The SMILES string of the molecule is O=c1cccc2c1c(O)c1c(NCCOCCO)ccc3c(CNCCOCCO)nn2c31. The number of aromatic hydroxyl groups is 1. The third-order valence-electron chi connectivity index (χ3n) is 5.38. The molecule has 33 heavy (non-hydrogen) atoms. The monoisotopic (exact) mass is 456 g/mol. The molecule has 2 aromatic heterocycles. The van der Waals surface area contributed by atoms with Gasteiger partial charge in [0.15, 0.2) is 5.43 Å². The van der Waals surface area contributed by atoms with Gasteiger partial charge in [0, 0.05) is 30.7 Å². The summed E-state index contributed by atoms with van der Waals surface area (Å²) < 4.78 is 12.3. The summed E-state index contributed by atoms with van der Waals surface area (Å²) in [6.07, 6.45) is 0. The van der Waals surface area contributed by atoms with Gasteiger partial charge in [0.05, 0.1) is 67.1 Å². The Bertz CT molecular complexity index is 1280. The summed E-state index contributed by atoms with van der Waals surface area (Å²) in [6, 6.07) is 8.65. The third-order valence-corrected chi connectivity index (χ3v) is 5.38. The smallest absolute Gasteiger partial charge is 0.191 e. The van der Waals surface area contributed by atoms with Crippen molar-refractivity contribution in [1.29, 1.82) is 0 Å². The molecule has 5 N–H and O–H groups in total. The molecule has 0 amide bonds. The van der Waals surface area contributed by atoms with E-state index in [-0.39, 0.29) is 36.4 Å². The van der Waals surface area contributed by atoms with E-state index in [1.54, 1.807) is 16.6 Å². The van der Waals surface area contributed by atoms with Crippen LogP contribution in [0.25, 0.3) is 27.2 Å². The van der Waals surface area contributed by atoms with Crippen molar-refractivity contribution in [3.63, 3.8) is 0 Å². The van der Waals surface area contributed by atoms with Crippen LogP contribution in [0.1, 0.15) is 5.69 Å². The number of hydrogen-bond acceptors (Lipinski definition) is 9. The molecule has 0 fully saturated rings. The van der Waals surface area contributed by atoms with Gasteiger partial charge in [-0.1, -0.05) is 6.07 Å². The van der Waals surface area contributed by atoms with Crippen LogP contribution in [-0.2, 0) is 16.0 Å². The molecule has 0 atom stereocenters. The van der Waals surface area contributed by atoms with Crippen LogP contribution in [0.2, 0.25) is 0 Å². The Morgan fingerprint density at radius 2 is 1.70 bits per heavy atom. The maximum Gasteiger partial charge on any atom is 0.191 e. The van der Waals surface area contributed by atoms with Crippen molar-refractivity contribution < 1.29 is 24.8 Å². The van der Waals surface area contributed by atoms with Gasteiger partial charge in [-0.3, -0.25) is 4.79 Å². The molecule has 0 aliphatic carbocycles. The summed E-state index contributed by atoms with van der Waals surface area (Å²) in [5.41, 5.74) is 2.43. The Hall–Kier alpha value is -3.02. The van der Waals surface area contributed by atoms with Gasteiger partial charge in [-0.2, -0.15) is 5.10 Å². The number of fused-ring (bicyclic) bond motifs is 2. The van der Waals surface area contributed by atoms with Crippen molar-refractivity contribution in [2.45, 2.75) is 6.54 Å². The summed E-state index contributed by atoms with van der Waals surface area (Å²) in [7, 11) is 0. The zero-order chi connectivity index (χ0) is 23.2.